The Morgan fingerprint density at radius 2 is 1.53 bits per heavy atom. The Balaban J connectivity index is 1.65. The molecule has 0 radical (unpaired) electrons. The fourth-order valence-electron chi connectivity index (χ4n) is 3.52. The Morgan fingerprint density at radius 1 is 0.875 bits per heavy atom. The van der Waals surface area contributed by atoms with Gasteiger partial charge in [-0.3, -0.25) is 14.5 Å². The molecule has 1 aliphatic heterocycles. The summed E-state index contributed by atoms with van der Waals surface area (Å²) in [6.07, 6.45) is 0.376. The Labute approximate surface area is 183 Å². The molecule has 162 valence electrons. The molecule has 0 unspecified atom stereocenters. The van der Waals surface area contributed by atoms with E-state index < -0.39 is 17.6 Å². The van der Waals surface area contributed by atoms with Crippen LogP contribution in [0.25, 0.3) is 5.57 Å². The maximum absolute atomic E-state index is 13.5. The number of hydrogen-bond donors (Lipinski definition) is 1. The zero-order valence-corrected chi connectivity index (χ0v) is 17.3. The summed E-state index contributed by atoms with van der Waals surface area (Å²) in [5.41, 5.74) is 2.07. The van der Waals surface area contributed by atoms with Crippen molar-refractivity contribution in [2.24, 2.45) is 0 Å². The molecule has 3 aromatic carbocycles. The third-order valence-corrected chi connectivity index (χ3v) is 5.18. The van der Waals surface area contributed by atoms with Crippen LogP contribution in [0.15, 0.2) is 78.5 Å². The Morgan fingerprint density at radius 3 is 2.19 bits per heavy atom. The molecule has 1 heterocycles. The molecule has 0 aromatic heterocycles. The maximum Gasteiger partial charge on any atom is 0.278 e. The average Bonchev–Trinajstić information content (AvgIpc) is 3.03. The predicted octanol–water partition coefficient (Wildman–Crippen LogP) is 4.41. The van der Waals surface area contributed by atoms with Crippen LogP contribution in [0.3, 0.4) is 0 Å². The fraction of sp³-hybridized carbons (Fsp3) is 0.120. The van der Waals surface area contributed by atoms with Gasteiger partial charge in [-0.15, -0.1) is 0 Å². The second-order valence-electron chi connectivity index (χ2n) is 7.25. The minimum absolute atomic E-state index is 0.106. The standard InChI is InChI=1S/C25H20F2N2O3/c1-32-21-4-2-3-20(15-21)28-23-22(17-7-11-19(27)12-8-17)24(30)29(25(23)31)14-13-16-5-9-18(26)10-6-16/h2-12,15,28H,13-14H2,1H3. The summed E-state index contributed by atoms with van der Waals surface area (Å²) >= 11 is 0. The lowest BCUT2D eigenvalue weighted by Gasteiger charge is -2.15. The van der Waals surface area contributed by atoms with Gasteiger partial charge in [0.15, 0.2) is 0 Å². The molecular formula is C25H20F2N2O3. The van der Waals surface area contributed by atoms with E-state index in [1.165, 1.54) is 43.5 Å². The predicted molar refractivity (Wildman–Crippen MR) is 117 cm³/mol. The zero-order valence-electron chi connectivity index (χ0n) is 17.3. The van der Waals surface area contributed by atoms with Crippen LogP contribution in [0.2, 0.25) is 0 Å². The first-order valence-corrected chi connectivity index (χ1v) is 9.98. The molecule has 0 bridgehead atoms. The van der Waals surface area contributed by atoms with Crippen LogP contribution >= 0.6 is 0 Å². The quantitative estimate of drug-likeness (QED) is 0.560. The van der Waals surface area contributed by atoms with Crippen molar-refractivity contribution >= 4 is 23.1 Å². The van der Waals surface area contributed by atoms with E-state index in [0.29, 0.717) is 23.4 Å². The van der Waals surface area contributed by atoms with Gasteiger partial charge in [-0.25, -0.2) is 8.78 Å². The summed E-state index contributed by atoms with van der Waals surface area (Å²) in [7, 11) is 1.53. The van der Waals surface area contributed by atoms with E-state index in [1.807, 2.05) is 0 Å². The van der Waals surface area contributed by atoms with Crippen molar-refractivity contribution in [2.75, 3.05) is 19.0 Å². The molecule has 0 spiro atoms. The van der Waals surface area contributed by atoms with Gasteiger partial charge >= 0.3 is 0 Å². The number of carbonyl (C=O) groups excluding carboxylic acids is 2. The topological polar surface area (TPSA) is 58.6 Å². The molecule has 3 aromatic rings. The highest BCUT2D eigenvalue weighted by Crippen LogP contribution is 2.31. The van der Waals surface area contributed by atoms with Crippen LogP contribution in [0.5, 0.6) is 5.75 Å². The molecule has 2 amide bonds. The van der Waals surface area contributed by atoms with Gasteiger partial charge in [0.1, 0.15) is 23.1 Å². The van der Waals surface area contributed by atoms with E-state index in [2.05, 4.69) is 5.32 Å². The smallest absolute Gasteiger partial charge is 0.278 e. The number of nitrogens with zero attached hydrogens (tertiary/aromatic N) is 1. The molecule has 1 aliphatic rings. The molecular weight excluding hydrogens is 414 g/mol. The lowest BCUT2D eigenvalue weighted by Crippen LogP contribution is -2.34. The molecule has 32 heavy (non-hydrogen) atoms. The summed E-state index contributed by atoms with van der Waals surface area (Å²) in [5, 5.41) is 3.04. The summed E-state index contributed by atoms with van der Waals surface area (Å²) in [6, 6.07) is 18.3. The van der Waals surface area contributed by atoms with Crippen molar-refractivity contribution in [1.29, 1.82) is 0 Å². The number of ether oxygens (including phenoxy) is 1. The van der Waals surface area contributed by atoms with Crippen LogP contribution in [0.1, 0.15) is 11.1 Å². The summed E-state index contributed by atoms with van der Waals surface area (Å²) < 4.78 is 31.8. The van der Waals surface area contributed by atoms with Gasteiger partial charge in [-0.1, -0.05) is 30.3 Å². The van der Waals surface area contributed by atoms with Gasteiger partial charge in [0.25, 0.3) is 11.8 Å². The van der Waals surface area contributed by atoms with Gasteiger partial charge in [-0.05, 0) is 53.9 Å². The van der Waals surface area contributed by atoms with E-state index >= 15 is 0 Å². The van der Waals surface area contributed by atoms with Crippen molar-refractivity contribution < 1.29 is 23.1 Å². The van der Waals surface area contributed by atoms with Crippen molar-refractivity contribution in [3.63, 3.8) is 0 Å². The number of hydrogen-bond acceptors (Lipinski definition) is 4. The van der Waals surface area contributed by atoms with E-state index in [-0.39, 0.29) is 23.6 Å². The normalized spacial score (nSPS) is 13.7. The Kier molecular flexibility index (Phi) is 5.98. The first kappa shape index (κ1) is 21.2. The molecule has 0 fully saturated rings. The van der Waals surface area contributed by atoms with Gasteiger partial charge < -0.3 is 10.1 Å². The highest BCUT2D eigenvalue weighted by Gasteiger charge is 2.39. The molecule has 4 rings (SSSR count). The van der Waals surface area contributed by atoms with Crippen LogP contribution in [0, 0.1) is 11.6 Å². The fourth-order valence-corrected chi connectivity index (χ4v) is 3.52. The van der Waals surface area contributed by atoms with Crippen molar-refractivity contribution in [3.05, 3.63) is 101 Å². The number of nitrogens with one attached hydrogen (secondary N) is 1. The van der Waals surface area contributed by atoms with Crippen LogP contribution < -0.4 is 10.1 Å². The summed E-state index contributed by atoms with van der Waals surface area (Å²) in [5.74, 6) is -1.18. The molecule has 0 atom stereocenters. The second-order valence-corrected chi connectivity index (χ2v) is 7.25. The third kappa shape index (κ3) is 4.37. The number of carbonyl (C=O) groups is 2. The molecule has 1 N–H and O–H groups in total. The summed E-state index contributed by atoms with van der Waals surface area (Å²) in [4.78, 5) is 27.6. The lowest BCUT2D eigenvalue weighted by molar-refractivity contribution is -0.136. The van der Waals surface area contributed by atoms with Gasteiger partial charge in [-0.2, -0.15) is 0 Å². The highest BCUT2D eigenvalue weighted by molar-refractivity contribution is 6.36. The number of rotatable bonds is 7. The minimum atomic E-state index is -0.487. The first-order valence-electron chi connectivity index (χ1n) is 9.98. The van der Waals surface area contributed by atoms with Gasteiger partial charge in [0.05, 0.1) is 12.7 Å². The monoisotopic (exact) mass is 434 g/mol. The van der Waals surface area contributed by atoms with Crippen molar-refractivity contribution in [3.8, 4) is 5.75 Å². The lowest BCUT2D eigenvalue weighted by atomic mass is 10.0. The summed E-state index contributed by atoms with van der Waals surface area (Å²) in [6.45, 7) is 0.122. The SMILES string of the molecule is COc1cccc(NC2=C(c3ccc(F)cc3)C(=O)N(CCc3ccc(F)cc3)C2=O)c1. The molecule has 5 nitrogen and oxygen atoms in total. The number of methoxy groups -OCH3 is 1. The van der Waals surface area contributed by atoms with E-state index in [4.69, 9.17) is 4.74 Å². The highest BCUT2D eigenvalue weighted by atomic mass is 19.1. The van der Waals surface area contributed by atoms with Crippen LogP contribution in [-0.4, -0.2) is 30.4 Å². The van der Waals surface area contributed by atoms with Crippen molar-refractivity contribution in [1.82, 2.24) is 4.90 Å². The number of halogens is 2. The largest absolute Gasteiger partial charge is 0.497 e. The number of amides is 2. The minimum Gasteiger partial charge on any atom is -0.497 e. The van der Waals surface area contributed by atoms with Crippen LogP contribution in [0.4, 0.5) is 14.5 Å². The molecule has 0 saturated carbocycles. The van der Waals surface area contributed by atoms with E-state index in [1.54, 1.807) is 36.4 Å². The van der Waals surface area contributed by atoms with Crippen molar-refractivity contribution in [2.45, 2.75) is 6.42 Å². The maximum atomic E-state index is 13.5. The van der Waals surface area contributed by atoms with E-state index in [9.17, 15) is 18.4 Å². The Hall–Kier alpha value is -4.00. The average molecular weight is 434 g/mol. The molecule has 0 aliphatic carbocycles. The molecule has 0 saturated heterocycles. The number of imide groups is 1. The number of anilines is 1. The van der Waals surface area contributed by atoms with E-state index in [0.717, 1.165) is 10.5 Å². The zero-order chi connectivity index (χ0) is 22.7. The van der Waals surface area contributed by atoms with Gasteiger partial charge in [0, 0.05) is 18.3 Å². The first-order chi connectivity index (χ1) is 15.5. The Bertz CT molecular complexity index is 1190. The third-order valence-electron chi connectivity index (χ3n) is 5.18. The second kappa shape index (κ2) is 9.01. The number of benzene rings is 3. The van der Waals surface area contributed by atoms with Crippen LogP contribution in [-0.2, 0) is 16.0 Å². The van der Waals surface area contributed by atoms with Gasteiger partial charge in [0.2, 0.25) is 0 Å². The molecule has 7 heteroatoms.